The number of carbonyl (C=O) groups excluding carboxylic acids is 1. The van der Waals surface area contributed by atoms with Crippen molar-refractivity contribution in [1.29, 1.82) is 0 Å². The number of aryl methyl sites for hydroxylation is 2. The van der Waals surface area contributed by atoms with Crippen LogP contribution in [0.1, 0.15) is 48.0 Å². The molecular weight excluding hydrogens is 382 g/mol. The van der Waals surface area contributed by atoms with E-state index >= 15 is 0 Å². The lowest BCUT2D eigenvalue weighted by Gasteiger charge is -2.32. The Morgan fingerprint density at radius 2 is 1.97 bits per heavy atom. The van der Waals surface area contributed by atoms with Gasteiger partial charge in [-0.05, 0) is 57.1 Å². The summed E-state index contributed by atoms with van der Waals surface area (Å²) in [6, 6.07) is 8.09. The highest BCUT2D eigenvalue weighted by Crippen LogP contribution is 2.27. The van der Waals surface area contributed by atoms with Crippen molar-refractivity contribution in [3.63, 3.8) is 0 Å². The lowest BCUT2D eigenvalue weighted by molar-refractivity contribution is -0.132. The van der Waals surface area contributed by atoms with Gasteiger partial charge in [0.15, 0.2) is 5.16 Å². The molecular formula is C22H27N5OS. The van der Waals surface area contributed by atoms with E-state index in [0.717, 1.165) is 64.9 Å². The SMILES string of the molecule is CSc1nc(C)c(CCC(=O)N2CCC[C@H](c3nc4ccccc4[nH]3)C2)c(C)n1. The zero-order chi connectivity index (χ0) is 20.4. The molecule has 0 aliphatic carbocycles. The number of amides is 1. The third kappa shape index (κ3) is 4.29. The van der Waals surface area contributed by atoms with E-state index in [9.17, 15) is 4.79 Å². The Labute approximate surface area is 175 Å². The monoisotopic (exact) mass is 409 g/mol. The maximum atomic E-state index is 12.9. The number of aromatic amines is 1. The smallest absolute Gasteiger partial charge is 0.222 e. The molecule has 1 saturated heterocycles. The number of piperidine rings is 1. The summed E-state index contributed by atoms with van der Waals surface area (Å²) in [4.78, 5) is 32.2. The number of aromatic nitrogens is 4. The average Bonchev–Trinajstić information content (AvgIpc) is 3.17. The summed E-state index contributed by atoms with van der Waals surface area (Å²) < 4.78 is 0. The van der Waals surface area contributed by atoms with Gasteiger partial charge in [0.2, 0.25) is 5.91 Å². The number of rotatable bonds is 5. The molecule has 1 aromatic carbocycles. The van der Waals surface area contributed by atoms with E-state index in [1.54, 1.807) is 11.8 Å². The minimum absolute atomic E-state index is 0.207. The van der Waals surface area contributed by atoms with Crippen LogP contribution in [0.3, 0.4) is 0 Å². The van der Waals surface area contributed by atoms with Crippen molar-refractivity contribution in [2.24, 2.45) is 0 Å². The zero-order valence-electron chi connectivity index (χ0n) is 17.2. The Bertz CT molecular complexity index is 975. The number of likely N-dealkylation sites (tertiary alicyclic amines) is 1. The predicted molar refractivity (Wildman–Crippen MR) is 116 cm³/mol. The molecule has 1 amide bonds. The van der Waals surface area contributed by atoms with Gasteiger partial charge < -0.3 is 9.88 Å². The van der Waals surface area contributed by atoms with Gasteiger partial charge >= 0.3 is 0 Å². The summed E-state index contributed by atoms with van der Waals surface area (Å²) >= 11 is 1.55. The first-order valence-corrected chi connectivity index (χ1v) is 11.4. The van der Waals surface area contributed by atoms with E-state index in [2.05, 4.69) is 15.0 Å². The molecule has 1 atom stereocenters. The van der Waals surface area contributed by atoms with Crippen molar-refractivity contribution in [1.82, 2.24) is 24.8 Å². The summed E-state index contributed by atoms with van der Waals surface area (Å²) in [5.41, 5.74) is 5.11. The maximum absolute atomic E-state index is 12.9. The van der Waals surface area contributed by atoms with Crippen LogP contribution in [0.4, 0.5) is 0 Å². The quantitative estimate of drug-likeness (QED) is 0.509. The van der Waals surface area contributed by atoms with Gasteiger partial charge in [-0.2, -0.15) is 0 Å². The van der Waals surface area contributed by atoms with Gasteiger partial charge in [-0.25, -0.2) is 15.0 Å². The fraction of sp³-hybridized carbons (Fsp3) is 0.455. The van der Waals surface area contributed by atoms with E-state index < -0.39 is 0 Å². The van der Waals surface area contributed by atoms with Crippen LogP contribution < -0.4 is 0 Å². The van der Waals surface area contributed by atoms with Gasteiger partial charge in [0.25, 0.3) is 0 Å². The number of H-pyrrole nitrogens is 1. The summed E-state index contributed by atoms with van der Waals surface area (Å²) in [5.74, 6) is 1.47. The van der Waals surface area contributed by atoms with Crippen molar-refractivity contribution in [3.05, 3.63) is 47.0 Å². The number of thioether (sulfide) groups is 1. The van der Waals surface area contributed by atoms with Crippen molar-refractivity contribution >= 4 is 28.7 Å². The molecule has 1 N–H and O–H groups in total. The summed E-state index contributed by atoms with van der Waals surface area (Å²) in [5, 5.41) is 0.791. The number of benzene rings is 1. The van der Waals surface area contributed by atoms with Gasteiger partial charge in [-0.15, -0.1) is 0 Å². The summed E-state index contributed by atoms with van der Waals surface area (Å²) in [6.45, 7) is 5.58. The molecule has 1 fully saturated rings. The third-order valence-corrected chi connectivity index (χ3v) is 6.29. The molecule has 3 heterocycles. The number of hydrogen-bond acceptors (Lipinski definition) is 5. The molecule has 4 rings (SSSR count). The number of nitrogens with one attached hydrogen (secondary N) is 1. The average molecular weight is 410 g/mol. The van der Waals surface area contributed by atoms with Crippen LogP contribution in [0.2, 0.25) is 0 Å². The second kappa shape index (κ2) is 8.53. The molecule has 1 aliphatic heterocycles. The predicted octanol–water partition coefficient (Wildman–Crippen LogP) is 4.03. The molecule has 0 unspecified atom stereocenters. The van der Waals surface area contributed by atoms with Crippen molar-refractivity contribution < 1.29 is 4.79 Å². The Morgan fingerprint density at radius 3 is 2.69 bits per heavy atom. The number of carbonyl (C=O) groups is 1. The molecule has 1 aliphatic rings. The highest BCUT2D eigenvalue weighted by atomic mass is 32.2. The zero-order valence-corrected chi connectivity index (χ0v) is 18.1. The number of nitrogens with zero attached hydrogens (tertiary/aromatic N) is 4. The van der Waals surface area contributed by atoms with Crippen LogP contribution in [0, 0.1) is 13.8 Å². The molecule has 0 spiro atoms. The summed E-state index contributed by atoms with van der Waals surface area (Å²) in [7, 11) is 0. The molecule has 0 saturated carbocycles. The van der Waals surface area contributed by atoms with Crippen LogP contribution in [-0.4, -0.2) is 50.1 Å². The van der Waals surface area contributed by atoms with Crippen LogP contribution >= 0.6 is 11.8 Å². The largest absolute Gasteiger partial charge is 0.342 e. The molecule has 0 bridgehead atoms. The summed E-state index contributed by atoms with van der Waals surface area (Å²) in [6.07, 6.45) is 5.24. The second-order valence-corrected chi connectivity index (χ2v) is 8.45. The normalized spacial score (nSPS) is 17.1. The van der Waals surface area contributed by atoms with E-state index in [0.29, 0.717) is 12.8 Å². The van der Waals surface area contributed by atoms with Crippen molar-refractivity contribution in [2.45, 2.75) is 50.6 Å². The van der Waals surface area contributed by atoms with Gasteiger partial charge in [-0.3, -0.25) is 4.79 Å². The van der Waals surface area contributed by atoms with Gasteiger partial charge in [0, 0.05) is 36.8 Å². The van der Waals surface area contributed by atoms with E-state index in [1.807, 2.05) is 49.3 Å². The fourth-order valence-corrected chi connectivity index (χ4v) is 4.60. The van der Waals surface area contributed by atoms with Gasteiger partial charge in [0.1, 0.15) is 5.82 Å². The Hall–Kier alpha value is -2.41. The lowest BCUT2D eigenvalue weighted by Crippen LogP contribution is -2.39. The molecule has 2 aromatic heterocycles. The Kier molecular flexibility index (Phi) is 5.85. The van der Waals surface area contributed by atoms with Crippen LogP contribution in [0.15, 0.2) is 29.4 Å². The Morgan fingerprint density at radius 1 is 1.21 bits per heavy atom. The van der Waals surface area contributed by atoms with E-state index in [4.69, 9.17) is 4.98 Å². The van der Waals surface area contributed by atoms with Gasteiger partial charge in [0.05, 0.1) is 11.0 Å². The first-order chi connectivity index (χ1) is 14.0. The number of fused-ring (bicyclic) bond motifs is 1. The standard InChI is InChI=1S/C22H27N5OS/c1-14-17(15(2)24-22(23-14)29-3)10-11-20(28)27-12-6-7-16(13-27)21-25-18-8-4-5-9-19(18)26-21/h4-5,8-9,16H,6-7,10-13H2,1-3H3,(H,25,26)/t16-/m0/s1. The molecule has 7 heteroatoms. The number of imidazole rings is 1. The van der Waals surface area contributed by atoms with Crippen molar-refractivity contribution in [3.8, 4) is 0 Å². The number of para-hydroxylation sites is 2. The molecule has 0 radical (unpaired) electrons. The first-order valence-electron chi connectivity index (χ1n) is 10.2. The molecule has 6 nitrogen and oxygen atoms in total. The first kappa shape index (κ1) is 19.9. The van der Waals surface area contributed by atoms with Crippen LogP contribution in [-0.2, 0) is 11.2 Å². The van der Waals surface area contributed by atoms with Gasteiger partial charge in [-0.1, -0.05) is 23.9 Å². The second-order valence-electron chi connectivity index (χ2n) is 7.68. The van der Waals surface area contributed by atoms with Crippen LogP contribution in [0.25, 0.3) is 11.0 Å². The topological polar surface area (TPSA) is 74.8 Å². The van der Waals surface area contributed by atoms with Crippen LogP contribution in [0.5, 0.6) is 0 Å². The van der Waals surface area contributed by atoms with E-state index in [1.165, 1.54) is 0 Å². The van der Waals surface area contributed by atoms with Crippen molar-refractivity contribution in [2.75, 3.05) is 19.3 Å². The maximum Gasteiger partial charge on any atom is 0.222 e. The minimum atomic E-state index is 0.207. The minimum Gasteiger partial charge on any atom is -0.342 e. The molecule has 29 heavy (non-hydrogen) atoms. The highest BCUT2D eigenvalue weighted by Gasteiger charge is 2.26. The number of hydrogen-bond donors (Lipinski definition) is 1. The molecule has 3 aromatic rings. The Balaban J connectivity index is 1.41. The third-order valence-electron chi connectivity index (χ3n) is 5.74. The van der Waals surface area contributed by atoms with E-state index in [-0.39, 0.29) is 11.8 Å². The fourth-order valence-electron chi connectivity index (χ4n) is 4.14. The molecule has 152 valence electrons. The highest BCUT2D eigenvalue weighted by molar-refractivity contribution is 7.98. The lowest BCUT2D eigenvalue weighted by atomic mass is 9.96.